The van der Waals surface area contributed by atoms with E-state index >= 15 is 0 Å². The highest BCUT2D eigenvalue weighted by Crippen LogP contribution is 2.29. The fourth-order valence-corrected chi connectivity index (χ4v) is 2.41. The van der Waals surface area contributed by atoms with Crippen LogP contribution in [0.15, 0.2) is 28.8 Å². The molecule has 0 aliphatic rings. The zero-order valence-electron chi connectivity index (χ0n) is 12.5. The lowest BCUT2D eigenvalue weighted by atomic mass is 10.1. The van der Waals surface area contributed by atoms with E-state index in [4.69, 9.17) is 9.26 Å². The molecule has 3 aromatic rings. The van der Waals surface area contributed by atoms with E-state index in [0.717, 1.165) is 29.0 Å². The van der Waals surface area contributed by atoms with Gasteiger partial charge in [0.25, 0.3) is 5.89 Å². The van der Waals surface area contributed by atoms with Crippen LogP contribution in [0.2, 0.25) is 0 Å². The third-order valence-corrected chi connectivity index (χ3v) is 3.53. The molecule has 0 saturated carbocycles. The van der Waals surface area contributed by atoms with Crippen LogP contribution >= 0.6 is 0 Å². The van der Waals surface area contributed by atoms with Gasteiger partial charge in [-0.15, -0.1) is 0 Å². The van der Waals surface area contributed by atoms with Crippen LogP contribution in [-0.2, 0) is 0 Å². The first-order chi connectivity index (χ1) is 10.6. The van der Waals surface area contributed by atoms with Gasteiger partial charge in [-0.2, -0.15) is 4.98 Å². The summed E-state index contributed by atoms with van der Waals surface area (Å²) < 4.78 is 10.4. The van der Waals surface area contributed by atoms with Gasteiger partial charge in [0.05, 0.1) is 12.7 Å². The lowest BCUT2D eigenvalue weighted by Gasteiger charge is -1.99. The van der Waals surface area contributed by atoms with E-state index < -0.39 is 0 Å². The molecule has 2 heterocycles. The monoisotopic (exact) mass is 297 g/mol. The van der Waals surface area contributed by atoms with Crippen LogP contribution in [0.5, 0.6) is 5.75 Å². The summed E-state index contributed by atoms with van der Waals surface area (Å²) >= 11 is 0. The maximum atomic E-state index is 11.3. The minimum atomic E-state index is 0.328. The predicted molar refractivity (Wildman–Crippen MR) is 80.9 cm³/mol. The second-order valence-corrected chi connectivity index (χ2v) is 4.93. The molecule has 1 aromatic carbocycles. The minimum absolute atomic E-state index is 0.328. The average Bonchev–Trinajstić information content (AvgIpc) is 3.11. The minimum Gasteiger partial charge on any atom is -0.497 e. The first kappa shape index (κ1) is 14.1. The number of ether oxygens (including phenoxy) is 1. The zero-order chi connectivity index (χ0) is 15.7. The number of carbonyl (C=O) groups is 1. The van der Waals surface area contributed by atoms with Crippen molar-refractivity contribution in [2.45, 2.75) is 13.8 Å². The van der Waals surface area contributed by atoms with Gasteiger partial charge in [-0.1, -0.05) is 5.16 Å². The molecule has 1 N–H and O–H groups in total. The van der Waals surface area contributed by atoms with Crippen LogP contribution in [0.4, 0.5) is 0 Å². The summed E-state index contributed by atoms with van der Waals surface area (Å²) in [5.74, 6) is 1.55. The van der Waals surface area contributed by atoms with Gasteiger partial charge in [-0.05, 0) is 38.1 Å². The molecule has 0 aliphatic carbocycles. The first-order valence-corrected chi connectivity index (χ1v) is 6.77. The topological polar surface area (TPSA) is 81.0 Å². The van der Waals surface area contributed by atoms with E-state index in [-0.39, 0.29) is 0 Å². The van der Waals surface area contributed by atoms with Gasteiger partial charge >= 0.3 is 0 Å². The number of hydrogen-bond acceptors (Lipinski definition) is 5. The number of aromatic amines is 1. The maximum Gasteiger partial charge on any atom is 0.260 e. The summed E-state index contributed by atoms with van der Waals surface area (Å²) in [6.07, 6.45) is 0.797. The number of nitrogens with zero attached hydrogens (tertiary/aromatic N) is 2. The van der Waals surface area contributed by atoms with Crippen molar-refractivity contribution in [1.29, 1.82) is 0 Å². The van der Waals surface area contributed by atoms with Gasteiger partial charge in [0.2, 0.25) is 5.82 Å². The summed E-state index contributed by atoms with van der Waals surface area (Å²) in [5, 5.41) is 3.99. The van der Waals surface area contributed by atoms with Gasteiger partial charge < -0.3 is 14.2 Å². The Kier molecular flexibility index (Phi) is 3.50. The number of methoxy groups -OCH3 is 1. The Morgan fingerprint density at radius 3 is 2.55 bits per heavy atom. The van der Waals surface area contributed by atoms with Gasteiger partial charge in [0, 0.05) is 22.5 Å². The van der Waals surface area contributed by atoms with E-state index in [1.54, 1.807) is 7.11 Å². The lowest BCUT2D eigenvalue weighted by molar-refractivity contribution is 0.112. The van der Waals surface area contributed by atoms with E-state index in [1.807, 2.05) is 38.1 Å². The molecule has 2 aromatic heterocycles. The normalized spacial score (nSPS) is 10.7. The molecule has 0 fully saturated rings. The fraction of sp³-hybridized carbons (Fsp3) is 0.188. The van der Waals surface area contributed by atoms with Crippen molar-refractivity contribution >= 4 is 6.29 Å². The molecule has 0 aliphatic heterocycles. The number of carbonyl (C=O) groups excluding carboxylic acids is 1. The highest BCUT2D eigenvalue weighted by atomic mass is 16.5. The second-order valence-electron chi connectivity index (χ2n) is 4.93. The fourth-order valence-electron chi connectivity index (χ4n) is 2.41. The van der Waals surface area contributed by atoms with Crippen LogP contribution in [-0.4, -0.2) is 28.5 Å². The molecule has 3 rings (SSSR count). The number of nitrogens with one attached hydrogen (secondary N) is 1. The second kappa shape index (κ2) is 5.48. The Balaban J connectivity index is 2.02. The highest BCUT2D eigenvalue weighted by molar-refractivity contribution is 5.88. The van der Waals surface area contributed by atoms with Crippen LogP contribution in [0.3, 0.4) is 0 Å². The van der Waals surface area contributed by atoms with Gasteiger partial charge in [0.1, 0.15) is 5.75 Å². The molecular formula is C16H15N3O3. The number of aromatic nitrogens is 3. The highest BCUT2D eigenvalue weighted by Gasteiger charge is 2.20. The number of H-pyrrole nitrogens is 1. The van der Waals surface area contributed by atoms with Gasteiger partial charge in [-0.3, -0.25) is 4.79 Å². The maximum absolute atomic E-state index is 11.3. The van der Waals surface area contributed by atoms with Crippen molar-refractivity contribution in [3.8, 4) is 28.6 Å². The molecule has 0 unspecified atom stereocenters. The zero-order valence-corrected chi connectivity index (χ0v) is 12.5. The Labute approximate surface area is 127 Å². The van der Waals surface area contributed by atoms with E-state index in [9.17, 15) is 4.79 Å². The summed E-state index contributed by atoms with van der Waals surface area (Å²) in [6, 6.07) is 7.36. The third-order valence-electron chi connectivity index (χ3n) is 3.53. The number of aldehydes is 1. The van der Waals surface area contributed by atoms with Gasteiger partial charge in [0.15, 0.2) is 6.29 Å². The van der Waals surface area contributed by atoms with Crippen molar-refractivity contribution in [3.63, 3.8) is 0 Å². The summed E-state index contributed by atoms with van der Waals surface area (Å²) in [4.78, 5) is 18.8. The quantitative estimate of drug-likeness (QED) is 0.748. The van der Waals surface area contributed by atoms with Gasteiger partial charge in [-0.25, -0.2) is 0 Å². The number of hydrogen-bond donors (Lipinski definition) is 1. The SMILES string of the molecule is COc1ccc(-c2noc(-c3c(C)[nH]c(C)c3C=O)n2)cc1. The molecule has 0 amide bonds. The van der Waals surface area contributed by atoms with E-state index in [1.165, 1.54) is 0 Å². The van der Waals surface area contributed by atoms with Crippen LogP contribution in [0.25, 0.3) is 22.8 Å². The molecular weight excluding hydrogens is 282 g/mol. The van der Waals surface area contributed by atoms with Crippen LogP contribution in [0.1, 0.15) is 21.7 Å². The molecule has 0 spiro atoms. The molecule has 0 saturated heterocycles. The predicted octanol–water partition coefficient (Wildman–Crippen LogP) is 3.17. The number of benzene rings is 1. The Bertz CT molecular complexity index is 816. The number of rotatable bonds is 4. The van der Waals surface area contributed by atoms with E-state index in [2.05, 4.69) is 15.1 Å². The van der Waals surface area contributed by atoms with Crippen molar-refractivity contribution in [1.82, 2.24) is 15.1 Å². The lowest BCUT2D eigenvalue weighted by Crippen LogP contribution is -1.87. The standard InChI is InChI=1S/C16H15N3O3/c1-9-13(8-20)14(10(2)17-9)16-18-15(19-22-16)11-4-6-12(21-3)7-5-11/h4-8,17H,1-3H3. The Hall–Kier alpha value is -2.89. The van der Waals surface area contributed by atoms with Crippen molar-refractivity contribution < 1.29 is 14.1 Å². The smallest absolute Gasteiger partial charge is 0.260 e. The van der Waals surface area contributed by atoms with Crippen LogP contribution < -0.4 is 4.74 Å². The van der Waals surface area contributed by atoms with Crippen molar-refractivity contribution in [3.05, 3.63) is 41.2 Å². The average molecular weight is 297 g/mol. The largest absolute Gasteiger partial charge is 0.497 e. The molecule has 0 atom stereocenters. The van der Waals surface area contributed by atoms with Crippen LogP contribution in [0, 0.1) is 13.8 Å². The Morgan fingerprint density at radius 1 is 1.18 bits per heavy atom. The Morgan fingerprint density at radius 2 is 1.91 bits per heavy atom. The molecule has 0 radical (unpaired) electrons. The molecule has 6 nitrogen and oxygen atoms in total. The van der Waals surface area contributed by atoms with Crippen molar-refractivity contribution in [2.75, 3.05) is 7.11 Å². The van der Waals surface area contributed by atoms with Crippen molar-refractivity contribution in [2.24, 2.45) is 0 Å². The molecule has 112 valence electrons. The molecule has 0 bridgehead atoms. The number of aryl methyl sites for hydroxylation is 2. The molecule has 6 heteroatoms. The summed E-state index contributed by atoms with van der Waals surface area (Å²) in [6.45, 7) is 3.70. The third kappa shape index (κ3) is 2.28. The van der Waals surface area contributed by atoms with E-state index in [0.29, 0.717) is 22.8 Å². The first-order valence-electron chi connectivity index (χ1n) is 6.77. The molecule has 22 heavy (non-hydrogen) atoms. The summed E-state index contributed by atoms with van der Waals surface area (Å²) in [5.41, 5.74) is 3.62. The summed E-state index contributed by atoms with van der Waals surface area (Å²) in [7, 11) is 1.61.